The standard InChI is InChI=1S/C16H22N2OS/c1-4-15(19-3)13(17-2)10-16-18-14(11-20-16)12-8-6-5-7-9-12/h5-9,11,13,15,17H,4,10H2,1-3H3. The molecule has 0 aliphatic heterocycles. The third-order valence-electron chi connectivity index (χ3n) is 3.54. The van der Waals surface area contributed by atoms with E-state index >= 15 is 0 Å². The maximum atomic E-state index is 5.53. The van der Waals surface area contributed by atoms with Gasteiger partial charge in [-0.3, -0.25) is 0 Å². The second-order valence-electron chi connectivity index (χ2n) is 4.77. The first-order chi connectivity index (χ1) is 9.78. The first kappa shape index (κ1) is 15.2. The van der Waals surface area contributed by atoms with Crippen LogP contribution in [-0.2, 0) is 11.2 Å². The lowest BCUT2D eigenvalue weighted by Crippen LogP contribution is -2.40. The molecule has 2 unspecified atom stereocenters. The van der Waals surface area contributed by atoms with Gasteiger partial charge < -0.3 is 10.1 Å². The predicted molar refractivity (Wildman–Crippen MR) is 85.2 cm³/mol. The van der Waals surface area contributed by atoms with Gasteiger partial charge in [-0.05, 0) is 13.5 Å². The largest absolute Gasteiger partial charge is 0.380 e. The Morgan fingerprint density at radius 1 is 1.30 bits per heavy atom. The molecule has 1 aromatic heterocycles. The number of ether oxygens (including phenoxy) is 1. The molecule has 2 aromatic rings. The summed E-state index contributed by atoms with van der Waals surface area (Å²) in [5, 5.41) is 6.62. The molecule has 0 fully saturated rings. The highest BCUT2D eigenvalue weighted by atomic mass is 32.1. The molecule has 4 heteroatoms. The fraction of sp³-hybridized carbons (Fsp3) is 0.438. The second kappa shape index (κ2) is 7.53. The minimum absolute atomic E-state index is 0.226. The van der Waals surface area contributed by atoms with Crippen LogP contribution in [0.15, 0.2) is 35.7 Å². The summed E-state index contributed by atoms with van der Waals surface area (Å²) in [5.74, 6) is 0. The highest BCUT2D eigenvalue weighted by Crippen LogP contribution is 2.23. The van der Waals surface area contributed by atoms with Gasteiger partial charge in [-0.25, -0.2) is 4.98 Å². The molecule has 1 N–H and O–H groups in total. The molecule has 20 heavy (non-hydrogen) atoms. The summed E-state index contributed by atoms with van der Waals surface area (Å²) in [6.45, 7) is 2.15. The summed E-state index contributed by atoms with van der Waals surface area (Å²) >= 11 is 1.72. The Bertz CT molecular complexity index is 508. The van der Waals surface area contributed by atoms with E-state index in [1.807, 2.05) is 25.2 Å². The van der Waals surface area contributed by atoms with Crippen LogP contribution in [0.4, 0.5) is 0 Å². The van der Waals surface area contributed by atoms with Crippen molar-refractivity contribution in [1.29, 1.82) is 0 Å². The van der Waals surface area contributed by atoms with Crippen LogP contribution in [0, 0.1) is 0 Å². The zero-order valence-corrected chi connectivity index (χ0v) is 13.1. The molecule has 2 rings (SSSR count). The van der Waals surface area contributed by atoms with Crippen LogP contribution < -0.4 is 5.32 Å². The second-order valence-corrected chi connectivity index (χ2v) is 5.72. The molecule has 0 saturated carbocycles. The van der Waals surface area contributed by atoms with Gasteiger partial charge in [-0.2, -0.15) is 0 Å². The van der Waals surface area contributed by atoms with Crippen molar-refractivity contribution in [1.82, 2.24) is 10.3 Å². The number of aromatic nitrogens is 1. The van der Waals surface area contributed by atoms with Gasteiger partial charge in [0, 0.05) is 30.5 Å². The third kappa shape index (κ3) is 3.66. The van der Waals surface area contributed by atoms with Crippen molar-refractivity contribution in [2.24, 2.45) is 0 Å². The molecule has 0 spiro atoms. The Balaban J connectivity index is 2.09. The lowest BCUT2D eigenvalue weighted by molar-refractivity contribution is 0.0678. The smallest absolute Gasteiger partial charge is 0.0949 e. The van der Waals surface area contributed by atoms with Gasteiger partial charge in [0.15, 0.2) is 0 Å². The molecule has 1 heterocycles. The lowest BCUT2D eigenvalue weighted by atomic mass is 10.1. The van der Waals surface area contributed by atoms with Crippen molar-refractivity contribution in [2.45, 2.75) is 31.9 Å². The van der Waals surface area contributed by atoms with Gasteiger partial charge in [-0.1, -0.05) is 37.3 Å². The number of benzene rings is 1. The van der Waals surface area contributed by atoms with Crippen molar-refractivity contribution in [3.05, 3.63) is 40.7 Å². The molecular weight excluding hydrogens is 268 g/mol. The molecule has 3 nitrogen and oxygen atoms in total. The van der Waals surface area contributed by atoms with E-state index in [0.29, 0.717) is 6.04 Å². The van der Waals surface area contributed by atoms with Crippen molar-refractivity contribution < 1.29 is 4.74 Å². The number of hydrogen-bond donors (Lipinski definition) is 1. The number of methoxy groups -OCH3 is 1. The molecule has 0 saturated heterocycles. The molecular formula is C16H22N2OS. The molecule has 2 atom stereocenters. The summed E-state index contributed by atoms with van der Waals surface area (Å²) in [4.78, 5) is 4.74. The number of likely N-dealkylation sites (N-methyl/N-ethyl adjacent to an activating group) is 1. The molecule has 0 bridgehead atoms. The van der Waals surface area contributed by atoms with E-state index in [0.717, 1.165) is 23.5 Å². The minimum Gasteiger partial charge on any atom is -0.380 e. The lowest BCUT2D eigenvalue weighted by Gasteiger charge is -2.23. The van der Waals surface area contributed by atoms with Crippen LogP contribution in [0.3, 0.4) is 0 Å². The normalized spacial score (nSPS) is 14.2. The Kier molecular flexibility index (Phi) is 5.71. The van der Waals surface area contributed by atoms with Crippen molar-refractivity contribution >= 4 is 11.3 Å². The zero-order chi connectivity index (χ0) is 14.4. The van der Waals surface area contributed by atoms with E-state index in [9.17, 15) is 0 Å². The molecule has 0 radical (unpaired) electrons. The molecule has 0 aliphatic carbocycles. The Labute approximate surface area is 125 Å². The van der Waals surface area contributed by atoms with E-state index in [4.69, 9.17) is 9.72 Å². The number of hydrogen-bond acceptors (Lipinski definition) is 4. The van der Waals surface area contributed by atoms with Crippen molar-refractivity contribution in [3.63, 3.8) is 0 Å². The quantitative estimate of drug-likeness (QED) is 0.849. The monoisotopic (exact) mass is 290 g/mol. The van der Waals surface area contributed by atoms with Gasteiger partial charge in [-0.15, -0.1) is 11.3 Å². The first-order valence-corrected chi connectivity index (χ1v) is 7.86. The number of nitrogens with zero attached hydrogens (tertiary/aromatic N) is 1. The summed E-state index contributed by atoms with van der Waals surface area (Å²) in [7, 11) is 3.76. The highest BCUT2D eigenvalue weighted by Gasteiger charge is 2.19. The maximum Gasteiger partial charge on any atom is 0.0949 e. The number of nitrogens with one attached hydrogen (secondary N) is 1. The summed E-state index contributed by atoms with van der Waals surface area (Å²) in [6, 6.07) is 10.6. The van der Waals surface area contributed by atoms with Gasteiger partial charge in [0.05, 0.1) is 16.8 Å². The van der Waals surface area contributed by atoms with Gasteiger partial charge in [0.25, 0.3) is 0 Å². The SMILES string of the molecule is CCC(OC)C(Cc1nc(-c2ccccc2)cs1)NC. The summed E-state index contributed by atoms with van der Waals surface area (Å²) < 4.78 is 5.53. The average Bonchev–Trinajstić information content (AvgIpc) is 2.97. The molecule has 0 aliphatic rings. The zero-order valence-electron chi connectivity index (χ0n) is 12.3. The third-order valence-corrected chi connectivity index (χ3v) is 4.41. The maximum absolute atomic E-state index is 5.53. The van der Waals surface area contributed by atoms with Gasteiger partial charge in [0.2, 0.25) is 0 Å². The molecule has 1 aromatic carbocycles. The van der Waals surface area contributed by atoms with Crippen LogP contribution in [0.5, 0.6) is 0 Å². The highest BCUT2D eigenvalue weighted by molar-refractivity contribution is 7.09. The van der Waals surface area contributed by atoms with Gasteiger partial charge in [0.1, 0.15) is 0 Å². The molecule has 0 amide bonds. The molecule has 108 valence electrons. The fourth-order valence-electron chi connectivity index (χ4n) is 2.37. The predicted octanol–water partition coefficient (Wildman–Crippen LogP) is 3.37. The van der Waals surface area contributed by atoms with Crippen LogP contribution in [-0.4, -0.2) is 31.3 Å². The van der Waals surface area contributed by atoms with Gasteiger partial charge >= 0.3 is 0 Å². The number of thiazole rings is 1. The van der Waals surface area contributed by atoms with Crippen LogP contribution in [0.25, 0.3) is 11.3 Å². The van der Waals surface area contributed by atoms with E-state index < -0.39 is 0 Å². The average molecular weight is 290 g/mol. The van der Waals surface area contributed by atoms with Crippen molar-refractivity contribution in [2.75, 3.05) is 14.2 Å². The van der Waals surface area contributed by atoms with E-state index in [-0.39, 0.29) is 6.10 Å². The fourth-order valence-corrected chi connectivity index (χ4v) is 3.23. The minimum atomic E-state index is 0.226. The summed E-state index contributed by atoms with van der Waals surface area (Å²) in [6.07, 6.45) is 2.13. The Morgan fingerprint density at radius 2 is 2.05 bits per heavy atom. The first-order valence-electron chi connectivity index (χ1n) is 6.98. The Hall–Kier alpha value is -1.23. The van der Waals surface area contributed by atoms with E-state index in [1.54, 1.807) is 18.4 Å². The van der Waals surface area contributed by atoms with Crippen molar-refractivity contribution in [3.8, 4) is 11.3 Å². The topological polar surface area (TPSA) is 34.1 Å². The number of rotatable bonds is 7. The van der Waals surface area contributed by atoms with E-state index in [1.165, 1.54) is 5.56 Å². The van der Waals surface area contributed by atoms with Crippen LogP contribution in [0.2, 0.25) is 0 Å². The van der Waals surface area contributed by atoms with Crippen LogP contribution >= 0.6 is 11.3 Å². The van der Waals surface area contributed by atoms with Crippen LogP contribution in [0.1, 0.15) is 18.4 Å². The summed E-state index contributed by atoms with van der Waals surface area (Å²) in [5.41, 5.74) is 2.24. The Morgan fingerprint density at radius 3 is 2.65 bits per heavy atom. The van der Waals surface area contributed by atoms with E-state index in [2.05, 4.69) is 29.8 Å².